The number of thiazole rings is 1. The van der Waals surface area contributed by atoms with Gasteiger partial charge in [-0.05, 0) is 62.2 Å². The highest BCUT2D eigenvalue weighted by atomic mass is 32.1. The Labute approximate surface area is 202 Å². The first kappa shape index (κ1) is 22.1. The normalized spacial score (nSPS) is 18.0. The summed E-state index contributed by atoms with van der Waals surface area (Å²) in [5, 5.41) is 10.6. The molecular weight excluding hydrogens is 446 g/mol. The van der Waals surface area contributed by atoms with Crippen molar-refractivity contribution in [1.82, 2.24) is 9.97 Å². The van der Waals surface area contributed by atoms with Gasteiger partial charge >= 0.3 is 5.97 Å². The van der Waals surface area contributed by atoms with Gasteiger partial charge in [-0.2, -0.15) is 0 Å². The Balaban J connectivity index is 1.49. The third kappa shape index (κ3) is 4.52. The van der Waals surface area contributed by atoms with Gasteiger partial charge in [-0.25, -0.2) is 4.98 Å². The Kier molecular flexibility index (Phi) is 6.02. The molecule has 0 aliphatic carbocycles. The smallest absolute Gasteiger partial charge is 0.311 e. The highest BCUT2D eigenvalue weighted by Crippen LogP contribution is 2.42. The molecular formula is C27H25N3O3S. The van der Waals surface area contributed by atoms with Crippen LogP contribution in [0.15, 0.2) is 79.1 Å². The Bertz CT molecular complexity index is 1280. The number of pyridine rings is 1. The van der Waals surface area contributed by atoms with Gasteiger partial charge in [-0.3, -0.25) is 9.78 Å². The molecule has 2 aromatic heterocycles. The van der Waals surface area contributed by atoms with Gasteiger partial charge in [0.2, 0.25) is 0 Å². The number of carboxylic acids is 1. The fourth-order valence-electron chi connectivity index (χ4n) is 4.22. The van der Waals surface area contributed by atoms with E-state index in [1.165, 1.54) is 0 Å². The van der Waals surface area contributed by atoms with Gasteiger partial charge in [0.1, 0.15) is 11.5 Å². The molecule has 1 aliphatic rings. The number of hydrogen-bond acceptors (Lipinski definition) is 6. The molecule has 0 saturated carbocycles. The third-order valence-corrected chi connectivity index (χ3v) is 7.29. The number of nitrogens with zero attached hydrogens (tertiary/aromatic N) is 3. The van der Waals surface area contributed by atoms with Gasteiger partial charge in [-0.1, -0.05) is 35.6 Å². The van der Waals surface area contributed by atoms with E-state index in [2.05, 4.69) is 9.88 Å². The van der Waals surface area contributed by atoms with Crippen molar-refractivity contribution >= 4 is 22.4 Å². The van der Waals surface area contributed by atoms with Crippen LogP contribution in [0.5, 0.6) is 11.5 Å². The van der Waals surface area contributed by atoms with Gasteiger partial charge in [-0.15, -0.1) is 0 Å². The van der Waals surface area contributed by atoms with Gasteiger partial charge in [0.15, 0.2) is 5.13 Å². The van der Waals surface area contributed by atoms with Crippen molar-refractivity contribution < 1.29 is 14.6 Å². The molecule has 1 N–H and O–H groups in total. The zero-order valence-electron chi connectivity index (χ0n) is 18.8. The second-order valence-corrected chi connectivity index (χ2v) is 9.72. The minimum Gasteiger partial charge on any atom is -0.481 e. The lowest BCUT2D eigenvalue weighted by molar-refractivity contribution is -0.148. The molecule has 2 aromatic carbocycles. The van der Waals surface area contributed by atoms with E-state index in [1.807, 2.05) is 79.9 Å². The number of carbonyl (C=O) groups is 1. The summed E-state index contributed by atoms with van der Waals surface area (Å²) >= 11 is 1.58. The molecule has 7 heteroatoms. The van der Waals surface area contributed by atoms with E-state index in [0.717, 1.165) is 51.3 Å². The zero-order chi connectivity index (χ0) is 23.5. The first-order valence-corrected chi connectivity index (χ1v) is 12.1. The summed E-state index contributed by atoms with van der Waals surface area (Å²) in [6.45, 7) is 3.07. The summed E-state index contributed by atoms with van der Waals surface area (Å²) in [7, 11) is 0. The summed E-state index contributed by atoms with van der Waals surface area (Å²) in [5.74, 6) is 0.783. The van der Waals surface area contributed by atoms with Crippen LogP contribution in [0.2, 0.25) is 0 Å². The summed E-state index contributed by atoms with van der Waals surface area (Å²) in [6, 6.07) is 21.5. The lowest BCUT2D eigenvalue weighted by Crippen LogP contribution is -2.46. The average molecular weight is 472 g/mol. The summed E-state index contributed by atoms with van der Waals surface area (Å²) < 4.78 is 5.94. The fourth-order valence-corrected chi connectivity index (χ4v) is 5.32. The number of carboxylic acid groups (broad SMARTS) is 1. The highest BCUT2D eigenvalue weighted by molar-refractivity contribution is 7.19. The molecule has 1 saturated heterocycles. The largest absolute Gasteiger partial charge is 0.481 e. The van der Waals surface area contributed by atoms with E-state index in [-0.39, 0.29) is 0 Å². The first-order valence-electron chi connectivity index (χ1n) is 11.2. The molecule has 5 rings (SSSR count). The van der Waals surface area contributed by atoms with E-state index in [4.69, 9.17) is 9.72 Å². The van der Waals surface area contributed by atoms with Crippen LogP contribution in [-0.4, -0.2) is 34.1 Å². The van der Waals surface area contributed by atoms with E-state index in [1.54, 1.807) is 17.5 Å². The Morgan fingerprint density at radius 1 is 1.03 bits per heavy atom. The molecule has 0 radical (unpaired) electrons. The zero-order valence-corrected chi connectivity index (χ0v) is 19.7. The Morgan fingerprint density at radius 2 is 1.79 bits per heavy atom. The van der Waals surface area contributed by atoms with Crippen molar-refractivity contribution in [3.63, 3.8) is 0 Å². The van der Waals surface area contributed by atoms with Crippen molar-refractivity contribution in [2.75, 3.05) is 18.0 Å². The van der Waals surface area contributed by atoms with Crippen LogP contribution in [0.3, 0.4) is 0 Å². The Hall–Kier alpha value is -3.71. The number of para-hydroxylation sites is 1. The van der Waals surface area contributed by atoms with Crippen molar-refractivity contribution in [3.8, 4) is 33.2 Å². The lowest BCUT2D eigenvalue weighted by Gasteiger charge is -2.37. The first-order chi connectivity index (χ1) is 16.5. The van der Waals surface area contributed by atoms with E-state index < -0.39 is 11.4 Å². The highest BCUT2D eigenvalue weighted by Gasteiger charge is 2.39. The topological polar surface area (TPSA) is 75.5 Å². The maximum absolute atomic E-state index is 11.9. The van der Waals surface area contributed by atoms with Crippen molar-refractivity contribution in [2.24, 2.45) is 5.41 Å². The maximum Gasteiger partial charge on any atom is 0.311 e. The molecule has 1 aliphatic heterocycles. The molecule has 34 heavy (non-hydrogen) atoms. The van der Waals surface area contributed by atoms with E-state index in [0.29, 0.717) is 13.0 Å². The van der Waals surface area contributed by atoms with Gasteiger partial charge < -0.3 is 14.7 Å². The number of ether oxygens (including phenoxy) is 1. The number of piperidine rings is 1. The standard InChI is InChI=1S/C27H25N3O3S/c1-27(25(31)32)14-6-16-30(18-27)26-29-23(24(34-26)20-7-5-15-28-17-20)19-10-12-22(13-11-19)33-21-8-3-2-4-9-21/h2-5,7-13,15,17H,6,14,16,18H2,1H3,(H,31,32). The van der Waals surface area contributed by atoms with Gasteiger partial charge in [0.25, 0.3) is 0 Å². The summed E-state index contributed by atoms with van der Waals surface area (Å²) in [5.41, 5.74) is 2.06. The monoisotopic (exact) mass is 471 g/mol. The van der Waals surface area contributed by atoms with Crippen molar-refractivity contribution in [3.05, 3.63) is 79.1 Å². The molecule has 1 unspecified atom stereocenters. The minimum absolute atomic E-state index is 0.450. The summed E-state index contributed by atoms with van der Waals surface area (Å²) in [4.78, 5) is 24.3. The van der Waals surface area contributed by atoms with E-state index in [9.17, 15) is 9.90 Å². The molecule has 172 valence electrons. The Morgan fingerprint density at radius 3 is 2.50 bits per heavy atom. The molecule has 1 fully saturated rings. The van der Waals surface area contributed by atoms with Crippen LogP contribution in [0.4, 0.5) is 5.13 Å². The predicted molar refractivity (Wildman–Crippen MR) is 134 cm³/mol. The van der Waals surface area contributed by atoms with Crippen molar-refractivity contribution in [2.45, 2.75) is 19.8 Å². The molecule has 0 amide bonds. The maximum atomic E-state index is 11.9. The third-order valence-electron chi connectivity index (χ3n) is 6.13. The van der Waals surface area contributed by atoms with Crippen LogP contribution >= 0.6 is 11.3 Å². The second kappa shape index (κ2) is 9.27. The van der Waals surface area contributed by atoms with Crippen LogP contribution in [0.1, 0.15) is 19.8 Å². The number of aromatic nitrogens is 2. The number of hydrogen-bond donors (Lipinski definition) is 1. The molecule has 0 spiro atoms. The minimum atomic E-state index is -0.769. The average Bonchev–Trinajstić information content (AvgIpc) is 3.31. The van der Waals surface area contributed by atoms with Gasteiger partial charge in [0.05, 0.1) is 16.0 Å². The lowest BCUT2D eigenvalue weighted by atomic mass is 9.82. The second-order valence-electron chi connectivity index (χ2n) is 8.75. The summed E-state index contributed by atoms with van der Waals surface area (Å²) in [6.07, 6.45) is 5.09. The molecule has 3 heterocycles. The van der Waals surface area contributed by atoms with Crippen LogP contribution in [0.25, 0.3) is 21.7 Å². The SMILES string of the molecule is CC1(C(=O)O)CCCN(c2nc(-c3ccc(Oc4ccccc4)cc3)c(-c3cccnc3)s2)C1. The predicted octanol–water partition coefficient (Wildman–Crippen LogP) is 6.36. The number of aliphatic carboxylic acids is 1. The van der Waals surface area contributed by atoms with E-state index >= 15 is 0 Å². The van der Waals surface area contributed by atoms with Gasteiger partial charge in [0, 0.05) is 36.6 Å². The molecule has 0 bridgehead atoms. The molecule has 6 nitrogen and oxygen atoms in total. The molecule has 1 atom stereocenters. The van der Waals surface area contributed by atoms with Crippen LogP contribution in [0, 0.1) is 5.41 Å². The number of benzene rings is 2. The quantitative estimate of drug-likeness (QED) is 0.353. The number of anilines is 1. The molecule has 4 aromatic rings. The van der Waals surface area contributed by atoms with Crippen molar-refractivity contribution in [1.29, 1.82) is 0 Å². The fraction of sp³-hybridized carbons (Fsp3) is 0.222. The van der Waals surface area contributed by atoms with Crippen LogP contribution < -0.4 is 9.64 Å². The van der Waals surface area contributed by atoms with Crippen LogP contribution in [-0.2, 0) is 4.79 Å². The number of rotatable bonds is 6.